The van der Waals surface area contributed by atoms with Crippen molar-refractivity contribution in [3.8, 4) is 0 Å². The van der Waals surface area contributed by atoms with E-state index in [4.69, 9.17) is 5.73 Å². The lowest BCUT2D eigenvalue weighted by Crippen LogP contribution is -2.32. The van der Waals surface area contributed by atoms with E-state index in [2.05, 4.69) is 4.98 Å². The van der Waals surface area contributed by atoms with Crippen LogP contribution in [0.25, 0.3) is 0 Å². The third-order valence-corrected chi connectivity index (χ3v) is 2.28. The van der Waals surface area contributed by atoms with E-state index in [1.54, 1.807) is 19.4 Å². The third kappa shape index (κ3) is 3.06. The predicted octanol–water partition coefficient (Wildman–Crippen LogP) is -0.0462. The first-order valence-electron chi connectivity index (χ1n) is 5.00. The molecule has 0 fully saturated rings. The number of aromatic nitrogens is 2. The van der Waals surface area contributed by atoms with Crippen LogP contribution in [0.15, 0.2) is 17.2 Å². The molecule has 0 amide bonds. The number of aryl methyl sites for hydroxylation is 1. The zero-order chi connectivity index (χ0) is 11.4. The van der Waals surface area contributed by atoms with Crippen molar-refractivity contribution in [3.05, 3.63) is 22.7 Å². The van der Waals surface area contributed by atoms with Crippen LogP contribution in [0.5, 0.6) is 0 Å². The van der Waals surface area contributed by atoms with Gasteiger partial charge in [-0.15, -0.1) is 0 Å². The summed E-state index contributed by atoms with van der Waals surface area (Å²) in [4.78, 5) is 17.6. The molecule has 1 aromatic rings. The molecular weight excluding hydrogens is 192 g/mol. The topological polar surface area (TPSA) is 64.2 Å². The molecule has 1 unspecified atom stereocenters. The van der Waals surface area contributed by atoms with Crippen molar-refractivity contribution < 1.29 is 0 Å². The standard InChI is InChI=1S/C10H18N4O/c1-8(11)4-6-13(2)9-10(15)14(3)7-5-12-9/h5,7-8H,4,6,11H2,1-3H3. The minimum absolute atomic E-state index is 0.0790. The van der Waals surface area contributed by atoms with Crippen LogP contribution in [-0.2, 0) is 7.05 Å². The average Bonchev–Trinajstić information content (AvgIpc) is 2.18. The Kier molecular flexibility index (Phi) is 3.85. The molecule has 0 aliphatic rings. The Morgan fingerprint density at radius 3 is 2.93 bits per heavy atom. The van der Waals surface area contributed by atoms with Crippen molar-refractivity contribution in [2.75, 3.05) is 18.5 Å². The highest BCUT2D eigenvalue weighted by molar-refractivity contribution is 5.33. The summed E-state index contributed by atoms with van der Waals surface area (Å²) in [6.45, 7) is 2.69. The fourth-order valence-corrected chi connectivity index (χ4v) is 1.25. The summed E-state index contributed by atoms with van der Waals surface area (Å²) in [6.07, 6.45) is 4.11. The van der Waals surface area contributed by atoms with Gasteiger partial charge in [0.15, 0.2) is 5.82 Å². The second-order valence-electron chi connectivity index (χ2n) is 3.85. The number of rotatable bonds is 4. The molecule has 0 saturated heterocycles. The van der Waals surface area contributed by atoms with Gasteiger partial charge in [0.25, 0.3) is 5.56 Å². The second kappa shape index (κ2) is 4.93. The summed E-state index contributed by atoms with van der Waals surface area (Å²) in [6, 6.07) is 0.139. The summed E-state index contributed by atoms with van der Waals surface area (Å²) < 4.78 is 1.52. The van der Waals surface area contributed by atoms with E-state index in [1.807, 2.05) is 18.9 Å². The van der Waals surface area contributed by atoms with E-state index in [0.717, 1.165) is 13.0 Å². The minimum Gasteiger partial charge on any atom is -0.355 e. The highest BCUT2D eigenvalue weighted by Gasteiger charge is 2.08. The molecule has 0 bridgehead atoms. The average molecular weight is 210 g/mol. The van der Waals surface area contributed by atoms with Crippen LogP contribution in [-0.4, -0.2) is 29.2 Å². The van der Waals surface area contributed by atoms with Crippen LogP contribution < -0.4 is 16.2 Å². The Hall–Kier alpha value is -1.36. The lowest BCUT2D eigenvalue weighted by atomic mass is 10.2. The van der Waals surface area contributed by atoms with Crippen molar-refractivity contribution in [2.45, 2.75) is 19.4 Å². The number of hydrogen-bond acceptors (Lipinski definition) is 4. The normalized spacial score (nSPS) is 12.5. The monoisotopic (exact) mass is 210 g/mol. The lowest BCUT2D eigenvalue weighted by Gasteiger charge is -2.18. The molecule has 1 aromatic heterocycles. The smallest absolute Gasteiger partial charge is 0.293 e. The van der Waals surface area contributed by atoms with E-state index < -0.39 is 0 Å². The Labute approximate surface area is 89.5 Å². The van der Waals surface area contributed by atoms with E-state index in [-0.39, 0.29) is 11.6 Å². The summed E-state index contributed by atoms with van der Waals surface area (Å²) in [5, 5.41) is 0. The van der Waals surface area contributed by atoms with Crippen molar-refractivity contribution in [1.82, 2.24) is 9.55 Å². The number of nitrogens with zero attached hydrogens (tertiary/aromatic N) is 3. The maximum absolute atomic E-state index is 11.7. The van der Waals surface area contributed by atoms with Crippen LogP contribution in [0.3, 0.4) is 0 Å². The first-order valence-corrected chi connectivity index (χ1v) is 5.00. The van der Waals surface area contributed by atoms with Gasteiger partial charge in [-0.2, -0.15) is 0 Å². The molecule has 0 aliphatic heterocycles. The second-order valence-corrected chi connectivity index (χ2v) is 3.85. The summed E-state index contributed by atoms with van der Waals surface area (Å²) >= 11 is 0. The molecule has 0 aromatic carbocycles. The summed E-state index contributed by atoms with van der Waals surface area (Å²) in [5.74, 6) is 0.473. The highest BCUT2D eigenvalue weighted by Crippen LogP contribution is 2.01. The molecule has 2 N–H and O–H groups in total. The lowest BCUT2D eigenvalue weighted by molar-refractivity contribution is 0.652. The van der Waals surface area contributed by atoms with E-state index in [0.29, 0.717) is 5.82 Å². The molecule has 0 radical (unpaired) electrons. The van der Waals surface area contributed by atoms with Crippen LogP contribution in [0.2, 0.25) is 0 Å². The molecule has 1 rings (SSSR count). The van der Waals surface area contributed by atoms with Gasteiger partial charge in [-0.05, 0) is 13.3 Å². The zero-order valence-electron chi connectivity index (χ0n) is 9.47. The van der Waals surface area contributed by atoms with Crippen LogP contribution >= 0.6 is 0 Å². The van der Waals surface area contributed by atoms with Gasteiger partial charge < -0.3 is 15.2 Å². The molecule has 5 nitrogen and oxygen atoms in total. The molecule has 0 spiro atoms. The number of nitrogens with two attached hydrogens (primary N) is 1. The Bertz CT molecular complexity index is 372. The number of hydrogen-bond donors (Lipinski definition) is 1. The maximum Gasteiger partial charge on any atom is 0.293 e. The molecule has 15 heavy (non-hydrogen) atoms. The Morgan fingerprint density at radius 2 is 2.33 bits per heavy atom. The maximum atomic E-state index is 11.7. The molecule has 84 valence electrons. The van der Waals surface area contributed by atoms with E-state index in [9.17, 15) is 4.79 Å². The van der Waals surface area contributed by atoms with Gasteiger partial charge in [0, 0.05) is 39.1 Å². The third-order valence-electron chi connectivity index (χ3n) is 2.28. The molecule has 1 heterocycles. The Balaban J connectivity index is 2.78. The SMILES string of the molecule is CC(N)CCN(C)c1nccn(C)c1=O. The van der Waals surface area contributed by atoms with E-state index >= 15 is 0 Å². The molecule has 0 saturated carbocycles. The van der Waals surface area contributed by atoms with Crippen LogP contribution in [0, 0.1) is 0 Å². The van der Waals surface area contributed by atoms with Gasteiger partial charge in [-0.1, -0.05) is 0 Å². The van der Waals surface area contributed by atoms with Gasteiger partial charge in [0.05, 0.1) is 0 Å². The molecular formula is C10H18N4O. The van der Waals surface area contributed by atoms with Crippen molar-refractivity contribution in [2.24, 2.45) is 12.8 Å². The van der Waals surface area contributed by atoms with Gasteiger partial charge >= 0.3 is 0 Å². The Morgan fingerprint density at radius 1 is 1.67 bits per heavy atom. The summed E-state index contributed by atoms with van der Waals surface area (Å²) in [5.41, 5.74) is 5.58. The van der Waals surface area contributed by atoms with Crippen molar-refractivity contribution >= 4 is 5.82 Å². The van der Waals surface area contributed by atoms with E-state index in [1.165, 1.54) is 4.57 Å². The van der Waals surface area contributed by atoms with Gasteiger partial charge in [-0.3, -0.25) is 4.79 Å². The van der Waals surface area contributed by atoms with Gasteiger partial charge in [0.1, 0.15) is 0 Å². The van der Waals surface area contributed by atoms with Crippen molar-refractivity contribution in [1.29, 1.82) is 0 Å². The quantitative estimate of drug-likeness (QED) is 0.757. The summed E-state index contributed by atoms with van der Waals surface area (Å²) in [7, 11) is 3.57. The van der Waals surface area contributed by atoms with Gasteiger partial charge in [0.2, 0.25) is 0 Å². The minimum atomic E-state index is -0.0790. The first kappa shape index (κ1) is 11.7. The predicted molar refractivity (Wildman–Crippen MR) is 61.0 cm³/mol. The number of anilines is 1. The highest BCUT2D eigenvalue weighted by atomic mass is 16.1. The van der Waals surface area contributed by atoms with Gasteiger partial charge in [-0.25, -0.2) is 4.98 Å². The van der Waals surface area contributed by atoms with Crippen molar-refractivity contribution in [3.63, 3.8) is 0 Å². The first-order chi connectivity index (χ1) is 7.02. The van der Waals surface area contributed by atoms with Crippen LogP contribution in [0.1, 0.15) is 13.3 Å². The van der Waals surface area contributed by atoms with Crippen LogP contribution in [0.4, 0.5) is 5.82 Å². The molecule has 1 atom stereocenters. The fraction of sp³-hybridized carbons (Fsp3) is 0.600. The molecule has 0 aliphatic carbocycles. The fourth-order valence-electron chi connectivity index (χ4n) is 1.25. The zero-order valence-corrected chi connectivity index (χ0v) is 9.47. The molecule has 5 heteroatoms. The largest absolute Gasteiger partial charge is 0.355 e.